The molecule has 1 aromatic carbocycles. The van der Waals surface area contributed by atoms with Gasteiger partial charge < -0.3 is 15.7 Å². The number of halogens is 3. The Morgan fingerprint density at radius 2 is 2.00 bits per heavy atom. The molecule has 0 aliphatic heterocycles. The molecule has 1 rings (SSSR count). The van der Waals surface area contributed by atoms with Crippen LogP contribution in [-0.4, -0.2) is 23.8 Å². The van der Waals surface area contributed by atoms with Crippen molar-refractivity contribution in [2.45, 2.75) is 44.9 Å². The number of hydrogen-bond acceptors (Lipinski definition) is 2. The SMILES string of the molecule is CCC(CCO)NC(=O)NC(C)c1cccc(C(F)(F)F)c1. The molecule has 3 N–H and O–H groups in total. The summed E-state index contributed by atoms with van der Waals surface area (Å²) in [5.41, 5.74) is -0.369. The van der Waals surface area contributed by atoms with Gasteiger partial charge in [0.1, 0.15) is 0 Å². The lowest BCUT2D eigenvalue weighted by molar-refractivity contribution is -0.137. The van der Waals surface area contributed by atoms with Crippen LogP contribution in [0.1, 0.15) is 43.9 Å². The molecule has 0 heterocycles. The molecule has 0 saturated carbocycles. The average Bonchev–Trinajstić information content (AvgIpc) is 2.45. The normalized spacial score (nSPS) is 14.3. The van der Waals surface area contributed by atoms with Crippen LogP contribution in [0.4, 0.5) is 18.0 Å². The monoisotopic (exact) mass is 318 g/mol. The average molecular weight is 318 g/mol. The summed E-state index contributed by atoms with van der Waals surface area (Å²) < 4.78 is 38.0. The smallest absolute Gasteiger partial charge is 0.396 e. The van der Waals surface area contributed by atoms with E-state index in [0.29, 0.717) is 18.4 Å². The summed E-state index contributed by atoms with van der Waals surface area (Å²) in [5.74, 6) is 0. The molecular weight excluding hydrogens is 297 g/mol. The number of aliphatic hydroxyl groups is 1. The Labute approximate surface area is 127 Å². The van der Waals surface area contributed by atoms with Gasteiger partial charge in [-0.25, -0.2) is 4.79 Å². The van der Waals surface area contributed by atoms with Crippen molar-refractivity contribution in [3.8, 4) is 0 Å². The van der Waals surface area contributed by atoms with E-state index < -0.39 is 23.8 Å². The quantitative estimate of drug-likeness (QED) is 0.754. The molecule has 124 valence electrons. The lowest BCUT2D eigenvalue weighted by atomic mass is 10.1. The Morgan fingerprint density at radius 1 is 1.32 bits per heavy atom. The summed E-state index contributed by atoms with van der Waals surface area (Å²) in [4.78, 5) is 11.8. The Kier molecular flexibility index (Phi) is 6.67. The second-order valence-corrected chi connectivity index (χ2v) is 5.08. The van der Waals surface area contributed by atoms with E-state index in [-0.39, 0.29) is 12.6 Å². The van der Waals surface area contributed by atoms with Crippen molar-refractivity contribution >= 4 is 6.03 Å². The molecule has 4 nitrogen and oxygen atoms in total. The molecule has 0 saturated heterocycles. The number of hydrogen-bond donors (Lipinski definition) is 3. The number of alkyl halides is 3. The highest BCUT2D eigenvalue weighted by molar-refractivity contribution is 5.74. The molecule has 0 radical (unpaired) electrons. The molecule has 2 atom stereocenters. The van der Waals surface area contributed by atoms with Crippen molar-refractivity contribution in [1.82, 2.24) is 10.6 Å². The van der Waals surface area contributed by atoms with Crippen LogP contribution in [0.15, 0.2) is 24.3 Å². The van der Waals surface area contributed by atoms with E-state index in [2.05, 4.69) is 10.6 Å². The summed E-state index contributed by atoms with van der Waals surface area (Å²) >= 11 is 0. The molecule has 2 amide bonds. The number of amides is 2. The molecule has 22 heavy (non-hydrogen) atoms. The molecule has 0 bridgehead atoms. The summed E-state index contributed by atoms with van der Waals surface area (Å²) in [6, 6.07) is 3.67. The fourth-order valence-electron chi connectivity index (χ4n) is 2.03. The maximum Gasteiger partial charge on any atom is 0.416 e. The van der Waals surface area contributed by atoms with Crippen LogP contribution < -0.4 is 10.6 Å². The van der Waals surface area contributed by atoms with Gasteiger partial charge in [-0.2, -0.15) is 13.2 Å². The Morgan fingerprint density at radius 3 is 2.55 bits per heavy atom. The van der Waals surface area contributed by atoms with Crippen molar-refractivity contribution < 1.29 is 23.1 Å². The maximum absolute atomic E-state index is 12.7. The molecule has 2 unspecified atom stereocenters. The number of carbonyl (C=O) groups excluding carboxylic acids is 1. The fraction of sp³-hybridized carbons (Fsp3) is 0.533. The number of aliphatic hydroxyl groups excluding tert-OH is 1. The summed E-state index contributed by atoms with van der Waals surface area (Å²) in [5, 5.41) is 14.1. The second kappa shape index (κ2) is 8.03. The molecule has 0 aliphatic carbocycles. The van der Waals surface area contributed by atoms with Crippen LogP contribution in [-0.2, 0) is 6.18 Å². The van der Waals surface area contributed by atoms with E-state index in [1.54, 1.807) is 6.92 Å². The maximum atomic E-state index is 12.7. The third kappa shape index (κ3) is 5.55. The number of carbonyl (C=O) groups is 1. The minimum absolute atomic E-state index is 0.0397. The summed E-state index contributed by atoms with van der Waals surface area (Å²) in [7, 11) is 0. The first kappa shape index (κ1) is 18.3. The van der Waals surface area contributed by atoms with Crippen LogP contribution in [0.25, 0.3) is 0 Å². The lowest BCUT2D eigenvalue weighted by Gasteiger charge is -2.20. The van der Waals surface area contributed by atoms with E-state index >= 15 is 0 Å². The van der Waals surface area contributed by atoms with Crippen molar-refractivity contribution in [3.05, 3.63) is 35.4 Å². The molecule has 0 spiro atoms. The number of urea groups is 1. The molecular formula is C15H21F3N2O2. The second-order valence-electron chi connectivity index (χ2n) is 5.08. The largest absolute Gasteiger partial charge is 0.416 e. The Balaban J connectivity index is 2.68. The summed E-state index contributed by atoms with van der Waals surface area (Å²) in [6.45, 7) is 3.45. The zero-order chi connectivity index (χ0) is 16.8. The number of nitrogens with one attached hydrogen (secondary N) is 2. The van der Waals surface area contributed by atoms with Crippen molar-refractivity contribution in [1.29, 1.82) is 0 Å². The highest BCUT2D eigenvalue weighted by atomic mass is 19.4. The van der Waals surface area contributed by atoms with E-state index in [1.165, 1.54) is 12.1 Å². The van der Waals surface area contributed by atoms with Crippen LogP contribution >= 0.6 is 0 Å². The van der Waals surface area contributed by atoms with Crippen LogP contribution in [0.5, 0.6) is 0 Å². The van der Waals surface area contributed by atoms with Gasteiger partial charge in [0.25, 0.3) is 0 Å². The van der Waals surface area contributed by atoms with Crippen molar-refractivity contribution in [2.75, 3.05) is 6.61 Å². The fourth-order valence-corrected chi connectivity index (χ4v) is 2.03. The van der Waals surface area contributed by atoms with Gasteiger partial charge >= 0.3 is 12.2 Å². The van der Waals surface area contributed by atoms with Gasteiger partial charge in [-0.3, -0.25) is 0 Å². The van der Waals surface area contributed by atoms with Crippen LogP contribution in [0, 0.1) is 0 Å². The van der Waals surface area contributed by atoms with Crippen molar-refractivity contribution in [2.24, 2.45) is 0 Å². The zero-order valence-electron chi connectivity index (χ0n) is 12.6. The van der Waals surface area contributed by atoms with Gasteiger partial charge in [0.15, 0.2) is 0 Å². The van der Waals surface area contributed by atoms with Crippen LogP contribution in [0.3, 0.4) is 0 Å². The molecule has 0 fully saturated rings. The highest BCUT2D eigenvalue weighted by Gasteiger charge is 2.30. The summed E-state index contributed by atoms with van der Waals surface area (Å²) in [6.07, 6.45) is -3.32. The molecule has 1 aromatic rings. The van der Waals surface area contributed by atoms with Gasteiger partial charge in [-0.15, -0.1) is 0 Å². The predicted octanol–water partition coefficient (Wildman–Crippen LogP) is 3.23. The Bertz CT molecular complexity index is 492. The molecule has 0 aromatic heterocycles. The molecule has 7 heteroatoms. The van der Waals surface area contributed by atoms with E-state index in [0.717, 1.165) is 12.1 Å². The van der Waals surface area contributed by atoms with E-state index in [1.807, 2.05) is 6.92 Å². The number of benzene rings is 1. The van der Waals surface area contributed by atoms with E-state index in [9.17, 15) is 18.0 Å². The van der Waals surface area contributed by atoms with Crippen molar-refractivity contribution in [3.63, 3.8) is 0 Å². The highest BCUT2D eigenvalue weighted by Crippen LogP contribution is 2.30. The first-order chi connectivity index (χ1) is 10.3. The van der Waals surface area contributed by atoms with E-state index in [4.69, 9.17) is 5.11 Å². The third-order valence-corrected chi connectivity index (χ3v) is 3.37. The Hall–Kier alpha value is -1.76. The van der Waals surface area contributed by atoms with Gasteiger partial charge in [-0.05, 0) is 37.5 Å². The molecule has 0 aliphatic rings. The lowest BCUT2D eigenvalue weighted by Crippen LogP contribution is -2.43. The van der Waals surface area contributed by atoms with Gasteiger partial charge in [0.2, 0.25) is 0 Å². The number of rotatable bonds is 6. The zero-order valence-corrected chi connectivity index (χ0v) is 12.6. The topological polar surface area (TPSA) is 61.4 Å². The standard InChI is InChI=1S/C15H21F3N2O2/c1-3-13(7-8-21)20-14(22)19-10(2)11-5-4-6-12(9-11)15(16,17)18/h4-6,9-10,13,21H,3,7-8H2,1-2H3,(H2,19,20,22). The predicted molar refractivity (Wildman–Crippen MR) is 77.3 cm³/mol. The van der Waals surface area contributed by atoms with Gasteiger partial charge in [0.05, 0.1) is 11.6 Å². The first-order valence-electron chi connectivity index (χ1n) is 7.13. The van der Waals surface area contributed by atoms with Gasteiger partial charge in [0, 0.05) is 12.6 Å². The minimum atomic E-state index is -4.41. The van der Waals surface area contributed by atoms with Crippen LogP contribution in [0.2, 0.25) is 0 Å². The first-order valence-corrected chi connectivity index (χ1v) is 7.13. The minimum Gasteiger partial charge on any atom is -0.396 e. The van der Waals surface area contributed by atoms with Gasteiger partial charge in [-0.1, -0.05) is 19.1 Å². The third-order valence-electron chi connectivity index (χ3n) is 3.37.